The van der Waals surface area contributed by atoms with Gasteiger partial charge in [0.1, 0.15) is 0 Å². The number of halogens is 1. The fourth-order valence-electron chi connectivity index (χ4n) is 3.41. The Morgan fingerprint density at radius 3 is 2.17 bits per heavy atom. The molecule has 0 aliphatic carbocycles. The van der Waals surface area contributed by atoms with E-state index in [-0.39, 0.29) is 18.4 Å². The van der Waals surface area contributed by atoms with E-state index in [0.29, 0.717) is 30.2 Å². The molecule has 2 N–H and O–H groups in total. The lowest BCUT2D eigenvalue weighted by molar-refractivity contribution is 0.100. The zero-order valence-electron chi connectivity index (χ0n) is 16.7. The van der Waals surface area contributed by atoms with Crippen LogP contribution in [0.15, 0.2) is 48.5 Å². The maximum absolute atomic E-state index is 13.3. The number of nitrogens with zero attached hydrogens (tertiary/aromatic N) is 3. The van der Waals surface area contributed by atoms with Gasteiger partial charge in [0.25, 0.3) is 0 Å². The van der Waals surface area contributed by atoms with Crippen LogP contribution in [0.3, 0.4) is 0 Å². The van der Waals surface area contributed by atoms with E-state index in [0.717, 1.165) is 30.9 Å². The van der Waals surface area contributed by atoms with Crippen LogP contribution >= 0.6 is 11.6 Å². The van der Waals surface area contributed by atoms with Crippen LogP contribution in [0.5, 0.6) is 0 Å². The van der Waals surface area contributed by atoms with Crippen LogP contribution in [-0.4, -0.2) is 60.9 Å². The van der Waals surface area contributed by atoms with Gasteiger partial charge in [0.2, 0.25) is 0 Å². The first kappa shape index (κ1) is 21.3. The number of piperazine rings is 1. The smallest absolute Gasteiger partial charge is 0.324 e. The monoisotopic (exact) mass is 414 g/mol. The molecule has 29 heavy (non-hydrogen) atoms. The van der Waals surface area contributed by atoms with Gasteiger partial charge in [-0.3, -0.25) is 9.69 Å². The standard InChI is InChI=1S/C22H27ClN4O2/c1-2-25-11-13-26(14-12-25)22(29)27(20-9-7-19(23)8-10-20)16-17-3-5-18(6-4-17)21(28)15-24/h3-10H,2,11-16,24H2,1H3. The van der Waals surface area contributed by atoms with Crippen molar-refractivity contribution in [1.29, 1.82) is 0 Å². The van der Waals surface area contributed by atoms with Crippen molar-refractivity contribution in [2.24, 2.45) is 5.73 Å². The second-order valence-electron chi connectivity index (χ2n) is 7.09. The number of urea groups is 1. The first-order valence-corrected chi connectivity index (χ1v) is 10.3. The summed E-state index contributed by atoms with van der Waals surface area (Å²) in [6.45, 7) is 6.71. The number of hydrogen-bond acceptors (Lipinski definition) is 4. The molecule has 0 spiro atoms. The van der Waals surface area contributed by atoms with Crippen molar-refractivity contribution in [3.63, 3.8) is 0 Å². The zero-order chi connectivity index (χ0) is 20.8. The van der Waals surface area contributed by atoms with Crippen molar-refractivity contribution < 1.29 is 9.59 Å². The van der Waals surface area contributed by atoms with Gasteiger partial charge in [-0.1, -0.05) is 42.8 Å². The molecule has 0 bridgehead atoms. The van der Waals surface area contributed by atoms with Gasteiger partial charge in [-0.05, 0) is 36.4 Å². The van der Waals surface area contributed by atoms with E-state index < -0.39 is 0 Å². The molecule has 0 saturated carbocycles. The summed E-state index contributed by atoms with van der Waals surface area (Å²) in [7, 11) is 0. The van der Waals surface area contributed by atoms with Crippen molar-refractivity contribution >= 4 is 29.1 Å². The number of carbonyl (C=O) groups is 2. The number of ketones is 1. The van der Waals surface area contributed by atoms with Crippen LogP contribution in [0.25, 0.3) is 0 Å². The summed E-state index contributed by atoms with van der Waals surface area (Å²) in [4.78, 5) is 31.1. The maximum atomic E-state index is 13.3. The highest BCUT2D eigenvalue weighted by atomic mass is 35.5. The summed E-state index contributed by atoms with van der Waals surface area (Å²) in [5.74, 6) is -0.101. The van der Waals surface area contributed by atoms with Crippen LogP contribution in [0.1, 0.15) is 22.8 Å². The fourth-order valence-corrected chi connectivity index (χ4v) is 3.54. The van der Waals surface area contributed by atoms with Gasteiger partial charge in [0.15, 0.2) is 5.78 Å². The Morgan fingerprint density at radius 2 is 1.62 bits per heavy atom. The van der Waals surface area contributed by atoms with Gasteiger partial charge in [-0.15, -0.1) is 0 Å². The number of likely N-dealkylation sites (N-methyl/N-ethyl adjacent to an activating group) is 1. The average Bonchev–Trinajstić information content (AvgIpc) is 2.77. The Hall–Kier alpha value is -2.41. The lowest BCUT2D eigenvalue weighted by Crippen LogP contribution is -2.52. The number of anilines is 1. The average molecular weight is 415 g/mol. The lowest BCUT2D eigenvalue weighted by atomic mass is 10.1. The number of hydrogen-bond donors (Lipinski definition) is 1. The second kappa shape index (κ2) is 9.87. The zero-order valence-corrected chi connectivity index (χ0v) is 17.4. The number of nitrogens with two attached hydrogens (primary N) is 1. The molecule has 2 aromatic rings. The van der Waals surface area contributed by atoms with Crippen molar-refractivity contribution in [2.45, 2.75) is 13.5 Å². The molecule has 154 valence electrons. The molecule has 6 nitrogen and oxygen atoms in total. The minimum absolute atomic E-state index is 0.0154. The van der Waals surface area contributed by atoms with Crippen molar-refractivity contribution in [2.75, 3.05) is 44.2 Å². The summed E-state index contributed by atoms with van der Waals surface area (Å²) >= 11 is 6.04. The predicted molar refractivity (Wildman–Crippen MR) is 117 cm³/mol. The van der Waals surface area contributed by atoms with Crippen LogP contribution in [0.4, 0.5) is 10.5 Å². The van der Waals surface area contributed by atoms with Gasteiger partial charge in [0, 0.05) is 42.5 Å². The number of Topliss-reactive ketones (excluding diaryl/α,β-unsaturated/α-hetero) is 1. The summed E-state index contributed by atoms with van der Waals surface area (Å²) < 4.78 is 0. The number of rotatable bonds is 6. The predicted octanol–water partition coefficient (Wildman–Crippen LogP) is 3.25. The molecule has 0 unspecified atom stereocenters. The van der Waals surface area contributed by atoms with E-state index in [1.165, 1.54) is 0 Å². The summed E-state index contributed by atoms with van der Waals surface area (Å²) in [6.07, 6.45) is 0. The Morgan fingerprint density at radius 1 is 1.00 bits per heavy atom. The normalized spacial score (nSPS) is 14.7. The van der Waals surface area contributed by atoms with Crippen molar-refractivity contribution in [3.8, 4) is 0 Å². The molecule has 1 aliphatic heterocycles. The van der Waals surface area contributed by atoms with Crippen LogP contribution in [0.2, 0.25) is 5.02 Å². The molecule has 0 radical (unpaired) electrons. The molecule has 1 saturated heterocycles. The highest BCUT2D eigenvalue weighted by molar-refractivity contribution is 6.30. The van der Waals surface area contributed by atoms with Crippen LogP contribution < -0.4 is 10.6 Å². The Bertz CT molecular complexity index is 831. The summed E-state index contributed by atoms with van der Waals surface area (Å²) in [6, 6.07) is 14.5. The fraction of sp³-hybridized carbons (Fsp3) is 0.364. The quantitative estimate of drug-likeness (QED) is 0.736. The Kier molecular flexibility index (Phi) is 7.25. The minimum atomic E-state index is -0.101. The van der Waals surface area contributed by atoms with Crippen LogP contribution in [0, 0.1) is 0 Å². The van der Waals surface area contributed by atoms with Gasteiger partial charge < -0.3 is 15.5 Å². The summed E-state index contributed by atoms with van der Waals surface area (Å²) in [5.41, 5.74) is 7.74. The molecule has 7 heteroatoms. The second-order valence-corrected chi connectivity index (χ2v) is 7.53. The van der Waals surface area contributed by atoms with E-state index in [9.17, 15) is 9.59 Å². The van der Waals surface area contributed by atoms with E-state index in [1.807, 2.05) is 29.2 Å². The summed E-state index contributed by atoms with van der Waals surface area (Å²) in [5, 5.41) is 0.627. The topological polar surface area (TPSA) is 69.9 Å². The minimum Gasteiger partial charge on any atom is -0.324 e. The molecule has 2 amide bonds. The van der Waals surface area contributed by atoms with E-state index in [1.54, 1.807) is 29.2 Å². The molecule has 0 atom stereocenters. The third-order valence-electron chi connectivity index (χ3n) is 5.26. The third kappa shape index (κ3) is 5.35. The number of carbonyl (C=O) groups excluding carboxylic acids is 2. The van der Waals surface area contributed by atoms with Crippen molar-refractivity contribution in [3.05, 3.63) is 64.7 Å². The first-order valence-electron chi connectivity index (χ1n) is 9.88. The molecular formula is C22H27ClN4O2. The molecule has 1 aliphatic rings. The van der Waals surface area contributed by atoms with Crippen molar-refractivity contribution in [1.82, 2.24) is 9.80 Å². The van der Waals surface area contributed by atoms with Gasteiger partial charge in [-0.2, -0.15) is 0 Å². The first-order chi connectivity index (χ1) is 14.0. The van der Waals surface area contributed by atoms with E-state index in [2.05, 4.69) is 11.8 Å². The Labute approximate surface area is 176 Å². The highest BCUT2D eigenvalue weighted by Crippen LogP contribution is 2.22. The molecule has 1 heterocycles. The highest BCUT2D eigenvalue weighted by Gasteiger charge is 2.26. The van der Waals surface area contributed by atoms with Gasteiger partial charge in [0.05, 0.1) is 13.1 Å². The molecule has 0 aromatic heterocycles. The molecule has 2 aromatic carbocycles. The van der Waals surface area contributed by atoms with Crippen LogP contribution in [-0.2, 0) is 6.54 Å². The number of amides is 2. The third-order valence-corrected chi connectivity index (χ3v) is 5.51. The molecular weight excluding hydrogens is 388 g/mol. The largest absolute Gasteiger partial charge is 0.324 e. The number of benzene rings is 2. The van der Waals surface area contributed by atoms with Gasteiger partial charge in [-0.25, -0.2) is 4.79 Å². The molecule has 1 fully saturated rings. The van der Waals surface area contributed by atoms with Gasteiger partial charge >= 0.3 is 6.03 Å². The SMILES string of the molecule is CCN1CCN(C(=O)N(Cc2ccc(C(=O)CN)cc2)c2ccc(Cl)cc2)CC1. The molecule has 3 rings (SSSR count). The van der Waals surface area contributed by atoms with E-state index >= 15 is 0 Å². The van der Waals surface area contributed by atoms with E-state index in [4.69, 9.17) is 17.3 Å². The maximum Gasteiger partial charge on any atom is 0.324 e. The lowest BCUT2D eigenvalue weighted by Gasteiger charge is -2.37. The Balaban J connectivity index is 1.80.